The number of aryl methyl sites for hydroxylation is 1. The van der Waals surface area contributed by atoms with Crippen molar-refractivity contribution in [2.45, 2.75) is 13.3 Å². The van der Waals surface area contributed by atoms with Gasteiger partial charge in [0.1, 0.15) is 17.1 Å². The van der Waals surface area contributed by atoms with Gasteiger partial charge in [0.05, 0.1) is 0 Å². The van der Waals surface area contributed by atoms with E-state index in [-0.39, 0.29) is 17.0 Å². The fourth-order valence-corrected chi connectivity index (χ4v) is 1.62. The fourth-order valence-electron chi connectivity index (χ4n) is 1.62. The van der Waals surface area contributed by atoms with E-state index in [0.717, 1.165) is 0 Å². The average molecular weight is 235 g/mol. The zero-order chi connectivity index (χ0) is 12.4. The lowest BCUT2D eigenvalue weighted by atomic mass is 10.1. The van der Waals surface area contributed by atoms with Crippen LogP contribution in [0.25, 0.3) is 11.3 Å². The second kappa shape index (κ2) is 4.37. The first-order chi connectivity index (χ1) is 8.13. The second-order valence-corrected chi connectivity index (χ2v) is 3.50. The van der Waals surface area contributed by atoms with Crippen molar-refractivity contribution in [3.63, 3.8) is 0 Å². The topological polar surface area (TPSA) is 63.3 Å². The summed E-state index contributed by atoms with van der Waals surface area (Å²) < 4.78 is 18.0. The predicted molar refractivity (Wildman–Crippen MR) is 58.2 cm³/mol. The molecule has 4 nitrogen and oxygen atoms in total. The second-order valence-electron chi connectivity index (χ2n) is 3.50. The van der Waals surface area contributed by atoms with Crippen molar-refractivity contribution in [1.82, 2.24) is 5.16 Å². The van der Waals surface area contributed by atoms with Gasteiger partial charge in [-0.05, 0) is 12.1 Å². The molecule has 2 aromatic rings. The van der Waals surface area contributed by atoms with Crippen LogP contribution in [0.5, 0.6) is 0 Å². The third kappa shape index (κ3) is 2.04. The van der Waals surface area contributed by atoms with Crippen molar-refractivity contribution in [3.8, 4) is 11.3 Å². The fraction of sp³-hybridized carbons (Fsp3) is 0.167. The van der Waals surface area contributed by atoms with Crippen molar-refractivity contribution in [2.24, 2.45) is 0 Å². The molecule has 0 saturated carbocycles. The van der Waals surface area contributed by atoms with E-state index < -0.39 is 11.8 Å². The summed E-state index contributed by atoms with van der Waals surface area (Å²) in [7, 11) is 0. The van der Waals surface area contributed by atoms with Crippen LogP contribution in [0.15, 0.2) is 28.8 Å². The van der Waals surface area contributed by atoms with E-state index in [0.29, 0.717) is 12.0 Å². The molecule has 1 heterocycles. The number of benzene rings is 1. The minimum atomic E-state index is -1.12. The highest BCUT2D eigenvalue weighted by molar-refractivity contribution is 5.95. The first kappa shape index (κ1) is 11.3. The highest BCUT2D eigenvalue weighted by atomic mass is 19.1. The van der Waals surface area contributed by atoms with Crippen LogP contribution in [0.4, 0.5) is 4.39 Å². The maximum Gasteiger partial charge on any atom is 0.341 e. The molecule has 0 unspecified atom stereocenters. The molecule has 0 amide bonds. The van der Waals surface area contributed by atoms with Gasteiger partial charge in [-0.15, -0.1) is 0 Å². The molecule has 1 aromatic heterocycles. The van der Waals surface area contributed by atoms with Crippen LogP contribution in [0.1, 0.15) is 23.0 Å². The van der Waals surface area contributed by atoms with Crippen molar-refractivity contribution in [2.75, 3.05) is 0 Å². The zero-order valence-corrected chi connectivity index (χ0v) is 9.11. The van der Waals surface area contributed by atoms with Crippen molar-refractivity contribution in [1.29, 1.82) is 0 Å². The molecule has 0 saturated heterocycles. The summed E-state index contributed by atoms with van der Waals surface area (Å²) in [5.41, 5.74) is 0.554. The van der Waals surface area contributed by atoms with Crippen LogP contribution < -0.4 is 0 Å². The van der Waals surface area contributed by atoms with E-state index in [9.17, 15) is 9.18 Å². The normalized spacial score (nSPS) is 10.5. The third-order valence-electron chi connectivity index (χ3n) is 2.40. The molecule has 0 aliphatic rings. The third-order valence-corrected chi connectivity index (χ3v) is 2.40. The molecule has 88 valence electrons. The van der Waals surface area contributed by atoms with Crippen LogP contribution in [-0.2, 0) is 6.42 Å². The molecule has 0 atom stereocenters. The van der Waals surface area contributed by atoms with E-state index in [4.69, 9.17) is 9.63 Å². The van der Waals surface area contributed by atoms with Crippen LogP contribution in [0.2, 0.25) is 0 Å². The lowest BCUT2D eigenvalue weighted by Gasteiger charge is -1.98. The van der Waals surface area contributed by atoms with Crippen molar-refractivity contribution >= 4 is 5.97 Å². The Labute approximate surface area is 96.7 Å². The molecule has 0 aliphatic heterocycles. The largest absolute Gasteiger partial charge is 0.477 e. The first-order valence-electron chi connectivity index (χ1n) is 5.11. The Hall–Kier alpha value is -2.17. The summed E-state index contributed by atoms with van der Waals surface area (Å²) >= 11 is 0. The number of nitrogens with zero attached hydrogens (tertiary/aromatic N) is 1. The van der Waals surface area contributed by atoms with E-state index in [1.165, 1.54) is 18.2 Å². The molecule has 0 radical (unpaired) electrons. The molecule has 0 spiro atoms. The average Bonchev–Trinajstić information content (AvgIpc) is 2.72. The van der Waals surface area contributed by atoms with Gasteiger partial charge in [-0.3, -0.25) is 0 Å². The van der Waals surface area contributed by atoms with Crippen molar-refractivity contribution < 1.29 is 18.8 Å². The van der Waals surface area contributed by atoms with Crippen LogP contribution in [-0.4, -0.2) is 16.2 Å². The van der Waals surface area contributed by atoms with Gasteiger partial charge in [-0.1, -0.05) is 24.2 Å². The van der Waals surface area contributed by atoms with Gasteiger partial charge in [-0.2, -0.15) is 0 Å². The summed E-state index contributed by atoms with van der Waals surface area (Å²) in [6.45, 7) is 1.77. The Kier molecular flexibility index (Phi) is 2.91. The molecular formula is C12H10FNO3. The highest BCUT2D eigenvalue weighted by Gasteiger charge is 2.22. The number of aromatic carboxylic acids is 1. The number of carboxylic acids is 1. The molecule has 0 bridgehead atoms. The highest BCUT2D eigenvalue weighted by Crippen LogP contribution is 2.26. The number of aromatic nitrogens is 1. The zero-order valence-electron chi connectivity index (χ0n) is 9.11. The van der Waals surface area contributed by atoms with Crippen molar-refractivity contribution in [3.05, 3.63) is 41.4 Å². The Bertz CT molecular complexity index is 563. The predicted octanol–water partition coefficient (Wildman–Crippen LogP) is 2.74. The van der Waals surface area contributed by atoms with Gasteiger partial charge in [0.15, 0.2) is 5.76 Å². The summed E-state index contributed by atoms with van der Waals surface area (Å²) in [5, 5.41) is 12.8. The van der Waals surface area contributed by atoms with Crippen LogP contribution >= 0.6 is 0 Å². The number of halogens is 1. The molecule has 5 heteroatoms. The minimum absolute atomic E-state index is 0.00176. The summed E-state index contributed by atoms with van der Waals surface area (Å²) in [6, 6.07) is 5.60. The monoisotopic (exact) mass is 235 g/mol. The van der Waals surface area contributed by atoms with Gasteiger partial charge < -0.3 is 9.63 Å². The molecule has 0 aliphatic carbocycles. The maximum absolute atomic E-state index is 13.1. The molecule has 1 N–H and O–H groups in total. The molecule has 1 aromatic carbocycles. The Morgan fingerprint density at radius 2 is 2.29 bits per heavy atom. The molecule has 2 rings (SSSR count). The standard InChI is InChI=1S/C12H10FNO3/c1-2-9-10(12(15)16)11(14-17-9)7-4-3-5-8(13)6-7/h3-6H,2H2,1H3,(H,15,16). The molecule has 0 fully saturated rings. The Balaban J connectivity index is 2.60. The summed E-state index contributed by atoms with van der Waals surface area (Å²) in [4.78, 5) is 11.1. The number of carboxylic acid groups (broad SMARTS) is 1. The van der Waals surface area contributed by atoms with E-state index in [1.807, 2.05) is 0 Å². The smallest absolute Gasteiger partial charge is 0.341 e. The minimum Gasteiger partial charge on any atom is -0.477 e. The van der Waals surface area contributed by atoms with E-state index in [2.05, 4.69) is 5.16 Å². The Morgan fingerprint density at radius 3 is 2.88 bits per heavy atom. The lowest BCUT2D eigenvalue weighted by molar-refractivity contribution is 0.0695. The SMILES string of the molecule is CCc1onc(-c2cccc(F)c2)c1C(=O)O. The maximum atomic E-state index is 13.1. The van der Waals surface area contributed by atoms with Crippen LogP contribution in [0.3, 0.4) is 0 Å². The summed E-state index contributed by atoms with van der Waals surface area (Å²) in [6.07, 6.45) is 0.421. The van der Waals surface area contributed by atoms with E-state index >= 15 is 0 Å². The summed E-state index contributed by atoms with van der Waals surface area (Å²) in [5.74, 6) is -1.28. The lowest BCUT2D eigenvalue weighted by Crippen LogP contribution is -2.00. The number of rotatable bonds is 3. The number of carbonyl (C=O) groups is 1. The van der Waals surface area contributed by atoms with Gasteiger partial charge in [0, 0.05) is 12.0 Å². The van der Waals surface area contributed by atoms with Crippen LogP contribution in [0, 0.1) is 5.82 Å². The Morgan fingerprint density at radius 1 is 1.53 bits per heavy atom. The molecule has 17 heavy (non-hydrogen) atoms. The number of hydrogen-bond donors (Lipinski definition) is 1. The van der Waals surface area contributed by atoms with Gasteiger partial charge in [0.25, 0.3) is 0 Å². The van der Waals surface area contributed by atoms with Gasteiger partial charge in [-0.25, -0.2) is 9.18 Å². The molecular weight excluding hydrogens is 225 g/mol. The van der Waals surface area contributed by atoms with E-state index in [1.54, 1.807) is 13.0 Å². The van der Waals surface area contributed by atoms with Gasteiger partial charge in [0.2, 0.25) is 0 Å². The first-order valence-corrected chi connectivity index (χ1v) is 5.11. The number of hydrogen-bond acceptors (Lipinski definition) is 3. The van der Waals surface area contributed by atoms with Gasteiger partial charge >= 0.3 is 5.97 Å². The quantitative estimate of drug-likeness (QED) is 0.888.